The predicted molar refractivity (Wildman–Crippen MR) is 109 cm³/mol. The highest BCUT2D eigenvalue weighted by Crippen LogP contribution is 2.25. The summed E-state index contributed by atoms with van der Waals surface area (Å²) in [5, 5.41) is 19.3. The first-order chi connectivity index (χ1) is 14.1. The van der Waals surface area contributed by atoms with Crippen LogP contribution in [0.1, 0.15) is 5.56 Å². The molecule has 0 aliphatic carbocycles. The van der Waals surface area contributed by atoms with E-state index in [1.807, 2.05) is 37.3 Å². The summed E-state index contributed by atoms with van der Waals surface area (Å²) in [6, 6.07) is 16.1. The van der Waals surface area contributed by atoms with E-state index in [4.69, 9.17) is 13.6 Å². The Balaban J connectivity index is 1.35. The molecule has 1 N–H and O–H groups in total. The molecular weight excluding hydrogens is 392 g/mol. The fraction of sp³-hybridized carbons (Fsp3) is 0.190. The number of fused-ring (bicyclic) bond motifs is 1. The van der Waals surface area contributed by atoms with E-state index in [-0.39, 0.29) is 6.61 Å². The molecule has 4 aromatic rings. The van der Waals surface area contributed by atoms with Gasteiger partial charge in [-0.15, -0.1) is 10.2 Å². The summed E-state index contributed by atoms with van der Waals surface area (Å²) in [4.78, 5) is 11.7. The van der Waals surface area contributed by atoms with Crippen LogP contribution in [-0.4, -0.2) is 33.8 Å². The molecule has 2 aromatic heterocycles. The van der Waals surface area contributed by atoms with E-state index in [1.165, 1.54) is 17.8 Å². The van der Waals surface area contributed by atoms with Gasteiger partial charge in [0.15, 0.2) is 0 Å². The van der Waals surface area contributed by atoms with Crippen molar-refractivity contribution in [2.75, 3.05) is 12.4 Å². The second-order valence-electron chi connectivity index (χ2n) is 6.44. The van der Waals surface area contributed by atoms with Crippen molar-refractivity contribution in [3.05, 3.63) is 70.6 Å². The van der Waals surface area contributed by atoms with Crippen molar-refractivity contribution >= 4 is 22.7 Å². The third kappa shape index (κ3) is 4.67. The number of aromatic nitrogens is 2. The molecule has 1 atom stereocenters. The van der Waals surface area contributed by atoms with Crippen LogP contribution < -0.4 is 10.4 Å². The van der Waals surface area contributed by atoms with Crippen LogP contribution in [0, 0.1) is 6.92 Å². The van der Waals surface area contributed by atoms with Crippen LogP contribution in [0.5, 0.6) is 5.75 Å². The van der Waals surface area contributed by atoms with Crippen molar-refractivity contribution in [1.82, 2.24) is 10.2 Å². The second kappa shape index (κ2) is 8.50. The van der Waals surface area contributed by atoms with E-state index in [1.54, 1.807) is 18.2 Å². The molecule has 2 heterocycles. The molecule has 7 nitrogen and oxygen atoms in total. The van der Waals surface area contributed by atoms with Crippen molar-refractivity contribution in [3.63, 3.8) is 0 Å². The van der Waals surface area contributed by atoms with Crippen LogP contribution in [0.4, 0.5) is 0 Å². The maximum absolute atomic E-state index is 11.7. The van der Waals surface area contributed by atoms with Gasteiger partial charge >= 0.3 is 5.63 Å². The van der Waals surface area contributed by atoms with Gasteiger partial charge in [0.25, 0.3) is 5.22 Å². The molecule has 148 valence electrons. The van der Waals surface area contributed by atoms with E-state index in [0.717, 1.165) is 11.1 Å². The first kappa shape index (κ1) is 19.2. The molecule has 0 fully saturated rings. The van der Waals surface area contributed by atoms with Gasteiger partial charge in [-0.1, -0.05) is 41.6 Å². The number of ether oxygens (including phenoxy) is 1. The number of hydrogen-bond donors (Lipinski definition) is 1. The van der Waals surface area contributed by atoms with E-state index in [9.17, 15) is 9.90 Å². The summed E-state index contributed by atoms with van der Waals surface area (Å²) in [6.45, 7) is 2.02. The predicted octanol–water partition coefficient (Wildman–Crippen LogP) is 3.68. The monoisotopic (exact) mass is 410 g/mol. The number of benzene rings is 2. The molecular formula is C21H18N2O5S. The van der Waals surface area contributed by atoms with Crippen molar-refractivity contribution < 1.29 is 18.7 Å². The zero-order valence-corrected chi connectivity index (χ0v) is 16.4. The molecule has 0 aliphatic heterocycles. The summed E-state index contributed by atoms with van der Waals surface area (Å²) >= 11 is 1.24. The number of aliphatic hydroxyl groups excluding tert-OH is 1. The van der Waals surface area contributed by atoms with Crippen molar-refractivity contribution in [2.24, 2.45) is 0 Å². The van der Waals surface area contributed by atoms with Crippen molar-refractivity contribution in [2.45, 2.75) is 18.3 Å². The van der Waals surface area contributed by atoms with Crippen LogP contribution in [0.2, 0.25) is 0 Å². The first-order valence-corrected chi connectivity index (χ1v) is 9.94. The Hall–Kier alpha value is -3.10. The number of rotatable bonds is 7. The van der Waals surface area contributed by atoms with Gasteiger partial charge < -0.3 is 18.7 Å². The van der Waals surface area contributed by atoms with Gasteiger partial charge in [-0.25, -0.2) is 4.79 Å². The number of thioether (sulfide) groups is 1. The number of nitrogens with zero attached hydrogens (tertiary/aromatic N) is 2. The van der Waals surface area contributed by atoms with Gasteiger partial charge in [0.2, 0.25) is 5.89 Å². The lowest BCUT2D eigenvalue weighted by Gasteiger charge is -2.12. The Morgan fingerprint density at radius 1 is 1.10 bits per heavy atom. The van der Waals surface area contributed by atoms with E-state index in [2.05, 4.69) is 10.2 Å². The first-order valence-electron chi connectivity index (χ1n) is 8.95. The fourth-order valence-corrected chi connectivity index (χ4v) is 3.35. The van der Waals surface area contributed by atoms with Gasteiger partial charge in [-0.3, -0.25) is 0 Å². The number of hydrogen-bond acceptors (Lipinski definition) is 8. The molecule has 0 bridgehead atoms. The maximum atomic E-state index is 11.7. The Bertz CT molecular complexity index is 1170. The minimum Gasteiger partial charge on any atom is -0.490 e. The number of aryl methyl sites for hydroxylation is 1. The molecule has 0 amide bonds. The van der Waals surface area contributed by atoms with Gasteiger partial charge in [0.1, 0.15) is 17.9 Å². The lowest BCUT2D eigenvalue weighted by atomic mass is 10.1. The SMILES string of the molecule is Cc1ccc(-c2nnc(SCC(O)COc3cc(=O)oc4ccccc34)o2)cc1. The van der Waals surface area contributed by atoms with E-state index >= 15 is 0 Å². The lowest BCUT2D eigenvalue weighted by molar-refractivity contribution is 0.127. The minimum atomic E-state index is -0.791. The summed E-state index contributed by atoms with van der Waals surface area (Å²) in [5.74, 6) is 1.11. The Kier molecular flexibility index (Phi) is 5.64. The van der Waals surface area contributed by atoms with E-state index < -0.39 is 11.7 Å². The lowest BCUT2D eigenvalue weighted by Crippen LogP contribution is -2.20. The summed E-state index contributed by atoms with van der Waals surface area (Å²) in [7, 11) is 0. The Morgan fingerprint density at radius 2 is 1.90 bits per heavy atom. The van der Waals surface area contributed by atoms with Crippen molar-refractivity contribution in [1.29, 1.82) is 0 Å². The van der Waals surface area contributed by atoms with E-state index in [0.29, 0.717) is 33.6 Å². The normalized spacial score (nSPS) is 12.2. The minimum absolute atomic E-state index is 0.0133. The zero-order chi connectivity index (χ0) is 20.2. The van der Waals surface area contributed by atoms with Crippen LogP contribution in [0.3, 0.4) is 0 Å². The second-order valence-corrected chi connectivity index (χ2v) is 7.41. The molecule has 29 heavy (non-hydrogen) atoms. The summed E-state index contributed by atoms with van der Waals surface area (Å²) in [6.07, 6.45) is -0.791. The highest BCUT2D eigenvalue weighted by Gasteiger charge is 2.14. The molecule has 0 saturated carbocycles. The van der Waals surface area contributed by atoms with Gasteiger partial charge in [-0.2, -0.15) is 0 Å². The van der Waals surface area contributed by atoms with Crippen LogP contribution in [0.25, 0.3) is 22.4 Å². The average molecular weight is 410 g/mol. The highest BCUT2D eigenvalue weighted by molar-refractivity contribution is 7.99. The molecule has 0 aliphatic rings. The third-order valence-corrected chi connectivity index (χ3v) is 5.11. The summed E-state index contributed by atoms with van der Waals surface area (Å²) < 4.78 is 16.4. The van der Waals surface area contributed by atoms with Crippen molar-refractivity contribution in [3.8, 4) is 17.2 Å². The van der Waals surface area contributed by atoms with Crippen LogP contribution in [-0.2, 0) is 0 Å². The third-order valence-electron chi connectivity index (χ3n) is 4.15. The van der Waals surface area contributed by atoms with Crippen LogP contribution >= 0.6 is 11.8 Å². The standard InChI is InChI=1S/C21H18N2O5S/c1-13-6-8-14(9-7-13)20-22-23-21(28-20)29-12-15(24)11-26-18-10-19(25)27-17-5-3-2-4-16(17)18/h2-10,15,24H,11-12H2,1H3. The topological polar surface area (TPSA) is 98.6 Å². The quantitative estimate of drug-likeness (QED) is 0.364. The van der Waals surface area contributed by atoms with Gasteiger partial charge in [0.05, 0.1) is 17.6 Å². The highest BCUT2D eigenvalue weighted by atomic mass is 32.2. The van der Waals surface area contributed by atoms with Crippen LogP contribution in [0.15, 0.2) is 73.4 Å². The van der Waals surface area contributed by atoms with Gasteiger partial charge in [0, 0.05) is 11.3 Å². The Labute approximate surface area is 170 Å². The maximum Gasteiger partial charge on any atom is 0.339 e. The average Bonchev–Trinajstić information content (AvgIpc) is 3.20. The number of aliphatic hydroxyl groups is 1. The zero-order valence-electron chi connectivity index (χ0n) is 15.6. The number of para-hydroxylation sites is 1. The molecule has 0 spiro atoms. The molecule has 0 saturated heterocycles. The largest absolute Gasteiger partial charge is 0.490 e. The molecule has 1 unspecified atom stereocenters. The fourth-order valence-electron chi connectivity index (χ4n) is 2.68. The molecule has 2 aromatic carbocycles. The molecule has 4 rings (SSSR count). The Morgan fingerprint density at radius 3 is 2.72 bits per heavy atom. The van der Waals surface area contributed by atoms with Gasteiger partial charge in [-0.05, 0) is 31.2 Å². The summed E-state index contributed by atoms with van der Waals surface area (Å²) in [5.41, 5.74) is 1.92. The molecule has 8 heteroatoms. The smallest absolute Gasteiger partial charge is 0.339 e. The molecule has 0 radical (unpaired) electrons.